The van der Waals surface area contributed by atoms with Crippen LogP contribution in [0, 0.1) is 5.41 Å². The molecular formula is C18H28O3. The Labute approximate surface area is 128 Å². The Bertz CT molecular complexity index is 484. The Morgan fingerprint density at radius 1 is 1.10 bits per heavy atom. The van der Waals surface area contributed by atoms with Gasteiger partial charge in [0.1, 0.15) is 11.3 Å². The van der Waals surface area contributed by atoms with E-state index in [-0.39, 0.29) is 11.4 Å². The summed E-state index contributed by atoms with van der Waals surface area (Å²) >= 11 is 0. The summed E-state index contributed by atoms with van der Waals surface area (Å²) in [7, 11) is 0. The second kappa shape index (κ2) is 7.48. The molecule has 0 N–H and O–H groups in total. The number of hydrogen-bond acceptors (Lipinski definition) is 3. The van der Waals surface area contributed by atoms with Crippen LogP contribution in [0.2, 0.25) is 0 Å². The lowest BCUT2D eigenvalue weighted by Gasteiger charge is -2.22. The van der Waals surface area contributed by atoms with Crippen molar-refractivity contribution in [3.8, 4) is 5.75 Å². The third-order valence-electron chi connectivity index (χ3n) is 3.16. The molecule has 3 heteroatoms. The maximum absolute atomic E-state index is 12.2. The van der Waals surface area contributed by atoms with E-state index in [0.29, 0.717) is 24.5 Å². The summed E-state index contributed by atoms with van der Waals surface area (Å²) in [4.78, 5) is 12.2. The lowest BCUT2D eigenvalue weighted by molar-refractivity contribution is 0.0519. The third-order valence-corrected chi connectivity index (χ3v) is 3.16. The molecule has 3 nitrogen and oxygen atoms in total. The van der Waals surface area contributed by atoms with E-state index < -0.39 is 0 Å². The average Bonchev–Trinajstić information content (AvgIpc) is 2.43. The first-order chi connectivity index (χ1) is 9.82. The molecule has 0 aliphatic rings. The van der Waals surface area contributed by atoms with Crippen molar-refractivity contribution in [2.45, 2.75) is 54.4 Å². The van der Waals surface area contributed by atoms with Crippen LogP contribution in [0.25, 0.3) is 0 Å². The topological polar surface area (TPSA) is 35.5 Å². The SMILES string of the molecule is CCOC(=O)c1cc(CC)cc(CC)c1OCC(C)(C)C. The molecule has 0 atom stereocenters. The second-order valence-corrected chi connectivity index (χ2v) is 6.41. The first-order valence-corrected chi connectivity index (χ1v) is 7.78. The first kappa shape index (κ1) is 17.5. The number of carbonyl (C=O) groups excluding carboxylic acids is 1. The number of esters is 1. The molecule has 0 spiro atoms. The quantitative estimate of drug-likeness (QED) is 0.728. The fourth-order valence-electron chi connectivity index (χ4n) is 2.04. The van der Waals surface area contributed by atoms with Crippen LogP contribution in [-0.2, 0) is 17.6 Å². The van der Waals surface area contributed by atoms with E-state index in [1.807, 2.05) is 13.0 Å². The highest BCUT2D eigenvalue weighted by molar-refractivity contribution is 5.93. The zero-order valence-corrected chi connectivity index (χ0v) is 14.2. The fourth-order valence-corrected chi connectivity index (χ4v) is 2.04. The van der Waals surface area contributed by atoms with Gasteiger partial charge in [-0.05, 0) is 42.4 Å². The Morgan fingerprint density at radius 2 is 1.76 bits per heavy atom. The van der Waals surface area contributed by atoms with Gasteiger partial charge in [0.05, 0.1) is 13.2 Å². The van der Waals surface area contributed by atoms with Crippen LogP contribution in [0.5, 0.6) is 5.75 Å². The smallest absolute Gasteiger partial charge is 0.341 e. The lowest BCUT2D eigenvalue weighted by atomic mass is 9.97. The van der Waals surface area contributed by atoms with Gasteiger partial charge >= 0.3 is 5.97 Å². The first-order valence-electron chi connectivity index (χ1n) is 7.78. The van der Waals surface area contributed by atoms with Crippen LogP contribution >= 0.6 is 0 Å². The van der Waals surface area contributed by atoms with Gasteiger partial charge in [0.15, 0.2) is 0 Å². The summed E-state index contributed by atoms with van der Waals surface area (Å²) in [6.07, 6.45) is 1.72. The van der Waals surface area contributed by atoms with E-state index in [1.165, 1.54) is 0 Å². The van der Waals surface area contributed by atoms with Crippen molar-refractivity contribution in [1.29, 1.82) is 0 Å². The highest BCUT2D eigenvalue weighted by Gasteiger charge is 2.20. The molecule has 21 heavy (non-hydrogen) atoms. The number of hydrogen-bond donors (Lipinski definition) is 0. The summed E-state index contributed by atoms with van der Waals surface area (Å²) in [6, 6.07) is 4.02. The van der Waals surface area contributed by atoms with E-state index in [9.17, 15) is 4.79 Å². The van der Waals surface area contributed by atoms with Gasteiger partial charge in [0.25, 0.3) is 0 Å². The van der Waals surface area contributed by atoms with Gasteiger partial charge in [0, 0.05) is 0 Å². The molecule has 0 heterocycles. The van der Waals surface area contributed by atoms with E-state index in [1.54, 1.807) is 0 Å². The zero-order chi connectivity index (χ0) is 16.0. The molecule has 0 saturated heterocycles. The minimum Gasteiger partial charge on any atom is -0.492 e. The van der Waals surface area contributed by atoms with Crippen LogP contribution < -0.4 is 4.74 Å². The van der Waals surface area contributed by atoms with E-state index in [4.69, 9.17) is 9.47 Å². The van der Waals surface area contributed by atoms with Crippen molar-refractivity contribution in [2.24, 2.45) is 5.41 Å². The van der Waals surface area contributed by atoms with E-state index in [0.717, 1.165) is 24.0 Å². The maximum Gasteiger partial charge on any atom is 0.341 e. The van der Waals surface area contributed by atoms with Gasteiger partial charge in [-0.3, -0.25) is 0 Å². The fraction of sp³-hybridized carbons (Fsp3) is 0.611. The number of ether oxygens (including phenoxy) is 2. The molecule has 0 saturated carbocycles. The average molecular weight is 292 g/mol. The molecule has 0 bridgehead atoms. The van der Waals surface area contributed by atoms with Gasteiger partial charge in [-0.25, -0.2) is 4.79 Å². The Kier molecular flexibility index (Phi) is 6.25. The lowest BCUT2D eigenvalue weighted by Crippen LogP contribution is -2.19. The van der Waals surface area contributed by atoms with Crippen LogP contribution in [0.3, 0.4) is 0 Å². The summed E-state index contributed by atoms with van der Waals surface area (Å²) in [5.74, 6) is 0.384. The van der Waals surface area contributed by atoms with Crippen molar-refractivity contribution >= 4 is 5.97 Å². The van der Waals surface area contributed by atoms with Gasteiger partial charge in [-0.15, -0.1) is 0 Å². The molecule has 0 aromatic heterocycles. The van der Waals surface area contributed by atoms with Crippen molar-refractivity contribution < 1.29 is 14.3 Å². The molecule has 0 unspecified atom stereocenters. The highest BCUT2D eigenvalue weighted by atomic mass is 16.5. The second-order valence-electron chi connectivity index (χ2n) is 6.41. The summed E-state index contributed by atoms with van der Waals surface area (Å²) in [6.45, 7) is 13.3. The highest BCUT2D eigenvalue weighted by Crippen LogP contribution is 2.29. The predicted molar refractivity (Wildman–Crippen MR) is 86.1 cm³/mol. The number of rotatable bonds is 6. The minimum atomic E-state index is -0.300. The standard InChI is InChI=1S/C18H28O3/c1-7-13-10-14(8-2)16(21-12-18(4,5)6)15(11-13)17(19)20-9-3/h10-11H,7-9,12H2,1-6H3. The molecular weight excluding hydrogens is 264 g/mol. The summed E-state index contributed by atoms with van der Waals surface area (Å²) < 4.78 is 11.2. The van der Waals surface area contributed by atoms with Crippen molar-refractivity contribution in [2.75, 3.05) is 13.2 Å². The maximum atomic E-state index is 12.2. The van der Waals surface area contributed by atoms with Crippen LogP contribution in [0.1, 0.15) is 63.0 Å². The van der Waals surface area contributed by atoms with Crippen LogP contribution in [0.15, 0.2) is 12.1 Å². The number of carbonyl (C=O) groups is 1. The van der Waals surface area contributed by atoms with Gasteiger partial charge in [0.2, 0.25) is 0 Å². The zero-order valence-electron chi connectivity index (χ0n) is 14.2. The monoisotopic (exact) mass is 292 g/mol. The van der Waals surface area contributed by atoms with Crippen molar-refractivity contribution in [1.82, 2.24) is 0 Å². The van der Waals surface area contributed by atoms with E-state index in [2.05, 4.69) is 40.7 Å². The molecule has 0 aliphatic heterocycles. The molecule has 0 aliphatic carbocycles. The largest absolute Gasteiger partial charge is 0.492 e. The normalized spacial score (nSPS) is 11.3. The molecule has 0 radical (unpaired) electrons. The molecule has 1 rings (SSSR count). The molecule has 1 aromatic carbocycles. The molecule has 118 valence electrons. The summed E-state index contributed by atoms with van der Waals surface area (Å²) in [5, 5.41) is 0. The molecule has 0 amide bonds. The Morgan fingerprint density at radius 3 is 2.24 bits per heavy atom. The van der Waals surface area contributed by atoms with Gasteiger partial charge in [-0.1, -0.05) is 40.7 Å². The van der Waals surface area contributed by atoms with Crippen LogP contribution in [0.4, 0.5) is 0 Å². The Balaban J connectivity index is 3.24. The predicted octanol–water partition coefficient (Wildman–Crippen LogP) is 4.41. The molecule has 1 aromatic rings. The third kappa shape index (κ3) is 5.07. The van der Waals surface area contributed by atoms with Crippen molar-refractivity contribution in [3.63, 3.8) is 0 Å². The minimum absolute atomic E-state index is 0.0420. The van der Waals surface area contributed by atoms with Crippen molar-refractivity contribution in [3.05, 3.63) is 28.8 Å². The number of aryl methyl sites for hydroxylation is 2. The van der Waals surface area contributed by atoms with E-state index >= 15 is 0 Å². The molecule has 0 fully saturated rings. The van der Waals surface area contributed by atoms with Crippen LogP contribution in [-0.4, -0.2) is 19.2 Å². The van der Waals surface area contributed by atoms with Gasteiger partial charge in [-0.2, -0.15) is 0 Å². The summed E-state index contributed by atoms with van der Waals surface area (Å²) in [5.41, 5.74) is 2.80. The number of benzene rings is 1. The Hall–Kier alpha value is -1.51. The van der Waals surface area contributed by atoms with Gasteiger partial charge < -0.3 is 9.47 Å².